The number of nitrogens with zero attached hydrogens (tertiary/aromatic N) is 1. The summed E-state index contributed by atoms with van der Waals surface area (Å²) in [5.74, 6) is -0.291. The highest BCUT2D eigenvalue weighted by Crippen LogP contribution is 2.07. The van der Waals surface area contributed by atoms with E-state index in [1.54, 1.807) is 39.0 Å². The number of carbonyl (C=O) groups excluding carboxylic acids is 1. The third-order valence-electron chi connectivity index (χ3n) is 1.92. The highest BCUT2D eigenvalue weighted by molar-refractivity contribution is 5.70. The Hall–Kier alpha value is -1.91. The molecule has 0 radical (unpaired) electrons. The van der Waals surface area contributed by atoms with Gasteiger partial charge in [0, 0.05) is 12.6 Å². The number of benzene rings is 1. The van der Waals surface area contributed by atoms with Crippen LogP contribution in [0.2, 0.25) is 0 Å². The van der Waals surface area contributed by atoms with Crippen molar-refractivity contribution < 1.29 is 13.9 Å². The molecule has 0 aliphatic carbocycles. The summed E-state index contributed by atoms with van der Waals surface area (Å²) >= 11 is 0. The van der Waals surface area contributed by atoms with Crippen LogP contribution >= 0.6 is 0 Å². The fourth-order valence-electron chi connectivity index (χ4n) is 1.21. The Labute approximate surface area is 106 Å². The van der Waals surface area contributed by atoms with Crippen LogP contribution in [0.1, 0.15) is 26.3 Å². The number of hydrogen-bond donors (Lipinski definition) is 1. The Morgan fingerprint density at radius 2 is 2.11 bits per heavy atom. The molecule has 1 rings (SSSR count). The zero-order valence-corrected chi connectivity index (χ0v) is 10.7. The molecule has 1 aromatic rings. The first-order valence-corrected chi connectivity index (χ1v) is 5.62. The topological polar surface area (TPSA) is 50.7 Å². The number of amides is 1. The fourth-order valence-corrected chi connectivity index (χ4v) is 1.21. The predicted octanol–water partition coefficient (Wildman–Crippen LogP) is 2.88. The molecule has 18 heavy (non-hydrogen) atoms. The molecular weight excluding hydrogens is 235 g/mol. The normalized spacial score (nSPS) is 11.6. The Kier molecular flexibility index (Phi) is 4.83. The second kappa shape index (κ2) is 6.14. The van der Waals surface area contributed by atoms with Crippen molar-refractivity contribution in [2.24, 2.45) is 5.10 Å². The molecule has 0 saturated carbocycles. The van der Waals surface area contributed by atoms with Crippen molar-refractivity contribution in [3.63, 3.8) is 0 Å². The average molecular weight is 252 g/mol. The molecule has 0 heterocycles. The van der Waals surface area contributed by atoms with Crippen LogP contribution in [0.5, 0.6) is 0 Å². The largest absolute Gasteiger partial charge is 0.443 e. The van der Waals surface area contributed by atoms with Crippen LogP contribution in [0, 0.1) is 5.82 Å². The van der Waals surface area contributed by atoms with E-state index >= 15 is 0 Å². The van der Waals surface area contributed by atoms with Crippen molar-refractivity contribution in [3.05, 3.63) is 35.6 Å². The van der Waals surface area contributed by atoms with Gasteiger partial charge < -0.3 is 4.74 Å². The molecule has 0 saturated heterocycles. The van der Waals surface area contributed by atoms with Crippen molar-refractivity contribution >= 4 is 12.3 Å². The van der Waals surface area contributed by atoms with Gasteiger partial charge in [-0.3, -0.25) is 0 Å². The number of hydrogen-bond acceptors (Lipinski definition) is 3. The maximum Gasteiger partial charge on any atom is 0.428 e. The van der Waals surface area contributed by atoms with Crippen LogP contribution in [0.25, 0.3) is 0 Å². The summed E-state index contributed by atoms with van der Waals surface area (Å²) in [7, 11) is 0. The Morgan fingerprint density at radius 1 is 1.44 bits per heavy atom. The predicted molar refractivity (Wildman–Crippen MR) is 68.0 cm³/mol. The summed E-state index contributed by atoms with van der Waals surface area (Å²) in [4.78, 5) is 11.2. The van der Waals surface area contributed by atoms with Gasteiger partial charge in [-0.1, -0.05) is 18.2 Å². The smallest absolute Gasteiger partial charge is 0.428 e. The van der Waals surface area contributed by atoms with E-state index < -0.39 is 11.7 Å². The number of rotatable bonds is 3. The lowest BCUT2D eigenvalue weighted by Gasteiger charge is -2.18. The number of carbonyl (C=O) groups is 1. The van der Waals surface area contributed by atoms with Crippen LogP contribution in [-0.2, 0) is 11.2 Å². The summed E-state index contributed by atoms with van der Waals surface area (Å²) in [6, 6.07) is 6.40. The molecule has 0 atom stereocenters. The Balaban J connectivity index is 2.39. The van der Waals surface area contributed by atoms with E-state index in [0.29, 0.717) is 12.0 Å². The summed E-state index contributed by atoms with van der Waals surface area (Å²) in [6.45, 7) is 5.28. The summed E-state index contributed by atoms with van der Waals surface area (Å²) in [5, 5.41) is 3.68. The third-order valence-corrected chi connectivity index (χ3v) is 1.92. The summed E-state index contributed by atoms with van der Waals surface area (Å²) in [5.41, 5.74) is 2.17. The first kappa shape index (κ1) is 14.2. The van der Waals surface area contributed by atoms with E-state index in [1.807, 2.05) is 0 Å². The van der Waals surface area contributed by atoms with E-state index in [2.05, 4.69) is 10.5 Å². The van der Waals surface area contributed by atoms with E-state index in [9.17, 15) is 9.18 Å². The van der Waals surface area contributed by atoms with Gasteiger partial charge in [0.2, 0.25) is 0 Å². The molecule has 4 nitrogen and oxygen atoms in total. The van der Waals surface area contributed by atoms with Gasteiger partial charge in [0.1, 0.15) is 11.4 Å². The van der Waals surface area contributed by atoms with Gasteiger partial charge in [-0.25, -0.2) is 14.6 Å². The van der Waals surface area contributed by atoms with Crippen LogP contribution in [0.3, 0.4) is 0 Å². The van der Waals surface area contributed by atoms with Crippen LogP contribution in [0.15, 0.2) is 29.4 Å². The minimum atomic E-state index is -0.632. The number of nitrogens with one attached hydrogen (secondary N) is 1. The lowest BCUT2D eigenvalue weighted by Crippen LogP contribution is -2.29. The molecule has 0 aliphatic rings. The summed E-state index contributed by atoms with van der Waals surface area (Å²) < 4.78 is 18.2. The van der Waals surface area contributed by atoms with Crippen molar-refractivity contribution in [1.29, 1.82) is 0 Å². The van der Waals surface area contributed by atoms with Gasteiger partial charge >= 0.3 is 6.09 Å². The zero-order valence-electron chi connectivity index (χ0n) is 10.7. The SMILES string of the molecule is CC(C)(C)OC(=O)N/N=C/Cc1ccccc1F. The molecule has 0 fully saturated rings. The third kappa shape index (κ3) is 5.43. The molecule has 5 heteroatoms. The highest BCUT2D eigenvalue weighted by atomic mass is 19.1. The molecule has 0 unspecified atom stereocenters. The molecule has 1 amide bonds. The number of hydrazone groups is 1. The van der Waals surface area contributed by atoms with Gasteiger partial charge in [0.25, 0.3) is 0 Å². The van der Waals surface area contributed by atoms with E-state index in [1.165, 1.54) is 12.3 Å². The lowest BCUT2D eigenvalue weighted by atomic mass is 10.1. The number of ether oxygens (including phenoxy) is 1. The lowest BCUT2D eigenvalue weighted by molar-refractivity contribution is 0.0529. The van der Waals surface area contributed by atoms with Gasteiger partial charge in [-0.2, -0.15) is 5.10 Å². The molecule has 1 N–H and O–H groups in total. The molecule has 0 bridgehead atoms. The van der Waals surface area contributed by atoms with Gasteiger partial charge in [-0.15, -0.1) is 0 Å². The van der Waals surface area contributed by atoms with Gasteiger partial charge in [-0.05, 0) is 32.4 Å². The maximum atomic E-state index is 13.2. The summed E-state index contributed by atoms with van der Waals surface area (Å²) in [6.07, 6.45) is 1.09. The molecule has 98 valence electrons. The minimum absolute atomic E-state index is 0.291. The molecule has 0 aromatic heterocycles. The molecule has 0 spiro atoms. The van der Waals surface area contributed by atoms with Crippen LogP contribution in [-0.4, -0.2) is 17.9 Å². The second-order valence-electron chi connectivity index (χ2n) is 4.72. The number of halogens is 1. The van der Waals surface area contributed by atoms with Gasteiger partial charge in [0.15, 0.2) is 0 Å². The standard InChI is InChI=1S/C13H17FN2O2/c1-13(2,3)18-12(17)16-15-9-8-10-6-4-5-7-11(10)14/h4-7,9H,8H2,1-3H3,(H,16,17)/b15-9+. The van der Waals surface area contributed by atoms with Crippen molar-refractivity contribution in [2.45, 2.75) is 32.8 Å². The van der Waals surface area contributed by atoms with E-state index in [0.717, 1.165) is 0 Å². The van der Waals surface area contributed by atoms with E-state index in [4.69, 9.17) is 4.74 Å². The Morgan fingerprint density at radius 3 is 2.72 bits per heavy atom. The second-order valence-corrected chi connectivity index (χ2v) is 4.72. The van der Waals surface area contributed by atoms with Crippen molar-refractivity contribution in [2.75, 3.05) is 0 Å². The van der Waals surface area contributed by atoms with E-state index in [-0.39, 0.29) is 5.82 Å². The van der Waals surface area contributed by atoms with Crippen molar-refractivity contribution in [1.82, 2.24) is 5.43 Å². The van der Waals surface area contributed by atoms with Gasteiger partial charge in [0.05, 0.1) is 0 Å². The quantitative estimate of drug-likeness (QED) is 0.664. The average Bonchev–Trinajstić information content (AvgIpc) is 2.24. The highest BCUT2D eigenvalue weighted by Gasteiger charge is 2.15. The fraction of sp³-hybridized carbons (Fsp3) is 0.385. The first-order valence-electron chi connectivity index (χ1n) is 5.62. The molecule has 1 aromatic carbocycles. The molecular formula is C13H17FN2O2. The first-order chi connectivity index (χ1) is 8.38. The minimum Gasteiger partial charge on any atom is -0.443 e. The molecule has 0 aliphatic heterocycles. The van der Waals surface area contributed by atoms with Crippen molar-refractivity contribution in [3.8, 4) is 0 Å². The Bertz CT molecular complexity index is 439. The van der Waals surface area contributed by atoms with Crippen LogP contribution < -0.4 is 5.43 Å². The zero-order chi connectivity index (χ0) is 13.6. The maximum absolute atomic E-state index is 13.2. The van der Waals surface area contributed by atoms with Crippen LogP contribution in [0.4, 0.5) is 9.18 Å². The monoisotopic (exact) mass is 252 g/mol.